The van der Waals surface area contributed by atoms with Gasteiger partial charge in [0.2, 0.25) is 5.91 Å². The maximum atomic E-state index is 13.2. The summed E-state index contributed by atoms with van der Waals surface area (Å²) in [5.41, 5.74) is 2.67. The molecule has 7 nitrogen and oxygen atoms in total. The molecular weight excluding hydrogens is 416 g/mol. The first-order chi connectivity index (χ1) is 15.0. The SMILES string of the molecule is CCN1CCN(C(=O)C[C@H](c2ccc(Cl)cc2)c2c[nH]c3ccc([N+](=O)[O-])cc23)CC1. The molecule has 0 spiro atoms. The highest BCUT2D eigenvalue weighted by Gasteiger charge is 2.27. The van der Waals surface area contributed by atoms with Crippen molar-refractivity contribution < 1.29 is 9.72 Å². The van der Waals surface area contributed by atoms with E-state index >= 15 is 0 Å². The first kappa shape index (κ1) is 21.3. The average molecular weight is 441 g/mol. The molecule has 0 saturated carbocycles. The van der Waals surface area contributed by atoms with E-state index in [2.05, 4.69) is 16.8 Å². The highest BCUT2D eigenvalue weighted by molar-refractivity contribution is 6.30. The minimum absolute atomic E-state index is 0.0326. The molecule has 1 aliphatic heterocycles. The van der Waals surface area contributed by atoms with Gasteiger partial charge < -0.3 is 14.8 Å². The lowest BCUT2D eigenvalue weighted by molar-refractivity contribution is -0.384. The summed E-state index contributed by atoms with van der Waals surface area (Å²) in [5.74, 6) is -0.139. The first-order valence-corrected chi connectivity index (χ1v) is 10.8. The lowest BCUT2D eigenvalue weighted by atomic mass is 9.87. The van der Waals surface area contributed by atoms with E-state index in [-0.39, 0.29) is 17.5 Å². The van der Waals surface area contributed by atoms with E-state index in [1.807, 2.05) is 35.4 Å². The Morgan fingerprint density at radius 2 is 1.87 bits per heavy atom. The Morgan fingerprint density at radius 3 is 2.52 bits per heavy atom. The molecule has 31 heavy (non-hydrogen) atoms. The zero-order chi connectivity index (χ0) is 22.0. The maximum Gasteiger partial charge on any atom is 0.270 e. The Labute approximate surface area is 185 Å². The van der Waals surface area contributed by atoms with Crippen molar-refractivity contribution in [2.75, 3.05) is 32.7 Å². The number of hydrogen-bond donors (Lipinski definition) is 1. The van der Waals surface area contributed by atoms with Crippen molar-refractivity contribution in [3.63, 3.8) is 0 Å². The van der Waals surface area contributed by atoms with Crippen LogP contribution < -0.4 is 0 Å². The highest BCUT2D eigenvalue weighted by Crippen LogP contribution is 2.36. The van der Waals surface area contributed by atoms with Gasteiger partial charge in [-0.1, -0.05) is 30.7 Å². The van der Waals surface area contributed by atoms with Crippen LogP contribution in [0.3, 0.4) is 0 Å². The molecule has 0 bridgehead atoms. The largest absolute Gasteiger partial charge is 0.361 e. The Balaban J connectivity index is 1.68. The quantitative estimate of drug-likeness (QED) is 0.454. The number of nitrogens with one attached hydrogen (secondary N) is 1. The van der Waals surface area contributed by atoms with Crippen molar-refractivity contribution in [2.45, 2.75) is 19.3 Å². The van der Waals surface area contributed by atoms with Crippen LogP contribution in [0.4, 0.5) is 5.69 Å². The number of non-ortho nitro benzene ring substituents is 1. The third-order valence-electron chi connectivity index (χ3n) is 6.11. The summed E-state index contributed by atoms with van der Waals surface area (Å²) >= 11 is 6.09. The Bertz CT molecular complexity index is 1090. The fourth-order valence-electron chi connectivity index (χ4n) is 4.25. The van der Waals surface area contributed by atoms with Crippen LogP contribution in [-0.2, 0) is 4.79 Å². The van der Waals surface area contributed by atoms with Gasteiger partial charge in [0.05, 0.1) is 4.92 Å². The molecule has 1 saturated heterocycles. The number of nitrogens with zero attached hydrogens (tertiary/aromatic N) is 3. The second-order valence-corrected chi connectivity index (χ2v) is 8.29. The molecule has 162 valence electrons. The van der Waals surface area contributed by atoms with Gasteiger partial charge in [-0.05, 0) is 35.9 Å². The molecule has 1 aliphatic rings. The summed E-state index contributed by atoms with van der Waals surface area (Å²) in [4.78, 5) is 31.6. The maximum absolute atomic E-state index is 13.2. The number of likely N-dealkylation sites (N-methyl/N-ethyl adjacent to an activating group) is 1. The van der Waals surface area contributed by atoms with Crippen LogP contribution in [0.15, 0.2) is 48.7 Å². The zero-order valence-electron chi connectivity index (χ0n) is 17.4. The van der Waals surface area contributed by atoms with Crippen LogP contribution in [0.2, 0.25) is 5.02 Å². The van der Waals surface area contributed by atoms with Crippen LogP contribution in [0, 0.1) is 10.1 Å². The smallest absolute Gasteiger partial charge is 0.270 e. The van der Waals surface area contributed by atoms with Gasteiger partial charge in [-0.25, -0.2) is 0 Å². The summed E-state index contributed by atoms with van der Waals surface area (Å²) in [6.07, 6.45) is 2.15. The molecule has 3 aromatic rings. The number of H-pyrrole nitrogens is 1. The molecule has 1 aromatic heterocycles. The number of aromatic amines is 1. The van der Waals surface area contributed by atoms with E-state index in [0.29, 0.717) is 11.4 Å². The van der Waals surface area contributed by atoms with Crippen LogP contribution in [0.5, 0.6) is 0 Å². The highest BCUT2D eigenvalue weighted by atomic mass is 35.5. The van der Waals surface area contributed by atoms with Crippen LogP contribution in [0.1, 0.15) is 30.4 Å². The van der Waals surface area contributed by atoms with Gasteiger partial charge >= 0.3 is 0 Å². The molecule has 2 aromatic carbocycles. The predicted molar refractivity (Wildman–Crippen MR) is 122 cm³/mol. The Morgan fingerprint density at radius 1 is 1.16 bits per heavy atom. The number of carbonyl (C=O) groups excluding carboxylic acids is 1. The van der Waals surface area contributed by atoms with Gasteiger partial charge in [0.25, 0.3) is 5.69 Å². The van der Waals surface area contributed by atoms with E-state index < -0.39 is 4.92 Å². The van der Waals surface area contributed by atoms with Gasteiger partial charge in [0.1, 0.15) is 0 Å². The van der Waals surface area contributed by atoms with Crippen molar-refractivity contribution >= 4 is 34.1 Å². The summed E-state index contributed by atoms with van der Waals surface area (Å²) < 4.78 is 0. The average Bonchev–Trinajstić information content (AvgIpc) is 3.21. The molecule has 1 atom stereocenters. The minimum atomic E-state index is -0.397. The van der Waals surface area contributed by atoms with Crippen LogP contribution >= 0.6 is 11.6 Å². The van der Waals surface area contributed by atoms with E-state index in [1.54, 1.807) is 12.1 Å². The Kier molecular flexibility index (Phi) is 6.25. The topological polar surface area (TPSA) is 82.5 Å². The van der Waals surface area contributed by atoms with Crippen LogP contribution in [-0.4, -0.2) is 58.3 Å². The Hall–Kier alpha value is -2.90. The van der Waals surface area contributed by atoms with Crippen molar-refractivity contribution in [1.82, 2.24) is 14.8 Å². The number of rotatable bonds is 6. The number of piperazine rings is 1. The molecule has 1 amide bonds. The number of benzene rings is 2. The summed E-state index contributed by atoms with van der Waals surface area (Å²) in [6, 6.07) is 12.2. The van der Waals surface area contributed by atoms with E-state index in [9.17, 15) is 14.9 Å². The normalized spacial score (nSPS) is 15.9. The molecule has 0 radical (unpaired) electrons. The number of halogens is 1. The standard InChI is InChI=1S/C23H25ClN4O3/c1-2-26-9-11-27(12-10-26)23(29)14-19(16-3-5-17(24)6-4-16)21-15-25-22-8-7-18(28(30)31)13-20(21)22/h3-8,13,15,19,25H,2,9-12,14H2,1H3/t19-/m1/s1. The number of nitro groups is 1. The summed E-state index contributed by atoms with van der Waals surface area (Å²) in [7, 11) is 0. The number of aromatic nitrogens is 1. The van der Waals surface area contributed by atoms with Crippen LogP contribution in [0.25, 0.3) is 10.9 Å². The fourth-order valence-corrected chi connectivity index (χ4v) is 4.38. The molecule has 1 fully saturated rings. The van der Waals surface area contributed by atoms with Gasteiger partial charge in [-0.2, -0.15) is 0 Å². The molecular formula is C23H25ClN4O3. The zero-order valence-corrected chi connectivity index (χ0v) is 18.1. The van der Waals surface area contributed by atoms with Crippen molar-refractivity contribution in [1.29, 1.82) is 0 Å². The van der Waals surface area contributed by atoms with Crippen molar-refractivity contribution in [3.05, 3.63) is 74.9 Å². The number of amides is 1. The third-order valence-corrected chi connectivity index (χ3v) is 6.36. The van der Waals surface area contributed by atoms with Gasteiger partial charge in [-0.3, -0.25) is 14.9 Å². The molecule has 4 rings (SSSR count). The number of carbonyl (C=O) groups is 1. The van der Waals surface area contributed by atoms with Gasteiger partial charge in [0.15, 0.2) is 0 Å². The molecule has 0 unspecified atom stereocenters. The molecule has 2 heterocycles. The number of fused-ring (bicyclic) bond motifs is 1. The van der Waals surface area contributed by atoms with E-state index in [4.69, 9.17) is 11.6 Å². The van der Waals surface area contributed by atoms with E-state index in [0.717, 1.165) is 54.8 Å². The lowest BCUT2D eigenvalue weighted by Crippen LogP contribution is -2.48. The number of nitro benzene ring substituents is 1. The second kappa shape index (κ2) is 9.08. The van der Waals surface area contributed by atoms with Crippen molar-refractivity contribution in [2.24, 2.45) is 0 Å². The number of hydrogen-bond acceptors (Lipinski definition) is 4. The second-order valence-electron chi connectivity index (χ2n) is 7.85. The summed E-state index contributed by atoms with van der Waals surface area (Å²) in [6.45, 7) is 6.33. The molecule has 8 heteroatoms. The summed E-state index contributed by atoms with van der Waals surface area (Å²) in [5, 5.41) is 12.7. The fraction of sp³-hybridized carbons (Fsp3) is 0.348. The van der Waals surface area contributed by atoms with Crippen molar-refractivity contribution in [3.8, 4) is 0 Å². The molecule has 1 N–H and O–H groups in total. The van der Waals surface area contributed by atoms with E-state index in [1.165, 1.54) is 6.07 Å². The minimum Gasteiger partial charge on any atom is -0.361 e. The monoisotopic (exact) mass is 440 g/mol. The molecule has 0 aliphatic carbocycles. The van der Waals surface area contributed by atoms with Gasteiger partial charge in [-0.15, -0.1) is 0 Å². The predicted octanol–water partition coefficient (Wildman–Crippen LogP) is 4.42. The lowest BCUT2D eigenvalue weighted by Gasteiger charge is -2.34. The van der Waals surface area contributed by atoms with Gasteiger partial charge in [0, 0.05) is 72.8 Å². The third kappa shape index (κ3) is 4.57. The first-order valence-electron chi connectivity index (χ1n) is 10.5.